The molecule has 3 rings (SSSR count). The van der Waals surface area contributed by atoms with Gasteiger partial charge in [-0.25, -0.2) is 4.79 Å². The Bertz CT molecular complexity index is 1070. The van der Waals surface area contributed by atoms with Gasteiger partial charge in [0.05, 0.1) is 27.9 Å². The van der Waals surface area contributed by atoms with Gasteiger partial charge in [-0.15, -0.1) is 0 Å². The number of aliphatic hydroxyl groups excluding tert-OH is 1. The second kappa shape index (κ2) is 12.5. The summed E-state index contributed by atoms with van der Waals surface area (Å²) in [5, 5.41) is 11.2. The SMILES string of the molecule is CCOC(=O)[C@H](Oc1ccccc1OC)[C@@H](O)c1cc(OC)c(OCc2ccccc2)c(OC)c1. The van der Waals surface area contributed by atoms with Gasteiger partial charge in [-0.1, -0.05) is 42.5 Å². The quantitative estimate of drug-likeness (QED) is 0.381. The first-order chi connectivity index (χ1) is 17.0. The number of rotatable bonds is 12. The lowest BCUT2D eigenvalue weighted by Crippen LogP contribution is -2.35. The minimum atomic E-state index is -1.41. The summed E-state index contributed by atoms with van der Waals surface area (Å²) in [7, 11) is 4.45. The maximum Gasteiger partial charge on any atom is 0.350 e. The summed E-state index contributed by atoms with van der Waals surface area (Å²) < 4.78 is 33.4. The summed E-state index contributed by atoms with van der Waals surface area (Å²) in [5.74, 6) is 0.993. The lowest BCUT2D eigenvalue weighted by atomic mass is 10.0. The number of carbonyl (C=O) groups is 1. The molecule has 0 spiro atoms. The van der Waals surface area contributed by atoms with Crippen molar-refractivity contribution < 1.29 is 38.3 Å². The van der Waals surface area contributed by atoms with E-state index in [1.807, 2.05) is 30.3 Å². The van der Waals surface area contributed by atoms with E-state index in [4.69, 9.17) is 28.4 Å². The number of carbonyl (C=O) groups excluding carboxylic acids is 1. The predicted octanol–water partition coefficient (Wildman–Crippen LogP) is 4.34. The van der Waals surface area contributed by atoms with Crippen molar-refractivity contribution in [3.05, 3.63) is 77.9 Å². The molecular weight excluding hydrogens is 452 g/mol. The molecule has 0 bridgehead atoms. The zero-order valence-corrected chi connectivity index (χ0v) is 20.2. The number of hydrogen-bond donors (Lipinski definition) is 1. The van der Waals surface area contributed by atoms with Crippen molar-refractivity contribution in [2.24, 2.45) is 0 Å². The van der Waals surface area contributed by atoms with Gasteiger partial charge in [-0.3, -0.25) is 0 Å². The van der Waals surface area contributed by atoms with Crippen LogP contribution in [0.25, 0.3) is 0 Å². The smallest absolute Gasteiger partial charge is 0.350 e. The van der Waals surface area contributed by atoms with Crippen LogP contribution in [0.2, 0.25) is 0 Å². The Labute approximate surface area is 204 Å². The second-order valence-corrected chi connectivity index (χ2v) is 7.42. The molecule has 0 saturated heterocycles. The Morgan fingerprint density at radius 3 is 1.97 bits per heavy atom. The Kier molecular flexibility index (Phi) is 9.20. The molecule has 8 nitrogen and oxygen atoms in total. The largest absolute Gasteiger partial charge is 0.493 e. The molecular formula is C27H30O8. The monoisotopic (exact) mass is 482 g/mol. The zero-order chi connectivity index (χ0) is 25.2. The Balaban J connectivity index is 1.94. The van der Waals surface area contributed by atoms with Crippen LogP contribution in [0.3, 0.4) is 0 Å². The maximum atomic E-state index is 12.8. The van der Waals surface area contributed by atoms with Gasteiger partial charge >= 0.3 is 5.97 Å². The Morgan fingerprint density at radius 1 is 0.829 bits per heavy atom. The van der Waals surface area contributed by atoms with Gasteiger partial charge in [0.2, 0.25) is 11.9 Å². The molecule has 35 heavy (non-hydrogen) atoms. The van der Waals surface area contributed by atoms with E-state index in [1.165, 1.54) is 21.3 Å². The number of hydrogen-bond acceptors (Lipinski definition) is 8. The predicted molar refractivity (Wildman–Crippen MR) is 129 cm³/mol. The van der Waals surface area contributed by atoms with E-state index < -0.39 is 18.2 Å². The highest BCUT2D eigenvalue weighted by Gasteiger charge is 2.34. The topological polar surface area (TPSA) is 92.7 Å². The second-order valence-electron chi connectivity index (χ2n) is 7.42. The third-order valence-electron chi connectivity index (χ3n) is 5.18. The molecule has 0 aromatic heterocycles. The molecule has 186 valence electrons. The van der Waals surface area contributed by atoms with Crippen LogP contribution in [0.4, 0.5) is 0 Å². The first-order valence-corrected chi connectivity index (χ1v) is 11.1. The highest BCUT2D eigenvalue weighted by atomic mass is 16.6. The number of aliphatic hydroxyl groups is 1. The average molecular weight is 483 g/mol. The number of ether oxygens (including phenoxy) is 6. The fourth-order valence-electron chi connectivity index (χ4n) is 3.44. The molecule has 0 fully saturated rings. The normalized spacial score (nSPS) is 12.3. The van der Waals surface area contributed by atoms with Gasteiger partial charge in [-0.05, 0) is 42.3 Å². The maximum absolute atomic E-state index is 12.8. The molecule has 0 heterocycles. The van der Waals surface area contributed by atoms with Gasteiger partial charge in [0.15, 0.2) is 23.0 Å². The van der Waals surface area contributed by atoms with E-state index in [1.54, 1.807) is 43.3 Å². The van der Waals surface area contributed by atoms with E-state index in [0.29, 0.717) is 28.6 Å². The number of para-hydroxylation sites is 2. The molecule has 2 atom stereocenters. The van der Waals surface area contributed by atoms with Crippen LogP contribution in [0.5, 0.6) is 28.7 Å². The first-order valence-electron chi connectivity index (χ1n) is 11.1. The highest BCUT2D eigenvalue weighted by Crippen LogP contribution is 2.41. The van der Waals surface area contributed by atoms with Crippen LogP contribution in [0.1, 0.15) is 24.2 Å². The summed E-state index contributed by atoms with van der Waals surface area (Å²) in [5.41, 5.74) is 1.28. The molecule has 0 aliphatic carbocycles. The van der Waals surface area contributed by atoms with Crippen LogP contribution >= 0.6 is 0 Å². The third kappa shape index (κ3) is 6.36. The van der Waals surface area contributed by atoms with Gasteiger partial charge in [-0.2, -0.15) is 0 Å². The Hall–Kier alpha value is -3.91. The molecule has 0 radical (unpaired) electrons. The van der Waals surface area contributed by atoms with Crippen LogP contribution in [0.15, 0.2) is 66.7 Å². The molecule has 0 amide bonds. The van der Waals surface area contributed by atoms with E-state index in [-0.39, 0.29) is 19.0 Å². The molecule has 0 aliphatic heterocycles. The highest BCUT2D eigenvalue weighted by molar-refractivity contribution is 5.76. The summed E-state index contributed by atoms with van der Waals surface area (Å²) in [6, 6.07) is 19.6. The van der Waals surface area contributed by atoms with Crippen molar-refractivity contribution in [3.63, 3.8) is 0 Å². The van der Waals surface area contributed by atoms with Crippen molar-refractivity contribution >= 4 is 5.97 Å². The van der Waals surface area contributed by atoms with E-state index in [9.17, 15) is 9.90 Å². The average Bonchev–Trinajstić information content (AvgIpc) is 2.90. The summed E-state index contributed by atoms with van der Waals surface area (Å²) in [4.78, 5) is 12.8. The molecule has 0 saturated carbocycles. The van der Waals surface area contributed by atoms with E-state index in [0.717, 1.165) is 5.56 Å². The first kappa shape index (κ1) is 25.7. The summed E-state index contributed by atoms with van der Waals surface area (Å²) in [6.45, 7) is 2.09. The van der Waals surface area contributed by atoms with Gasteiger partial charge < -0.3 is 33.5 Å². The number of benzene rings is 3. The fraction of sp³-hybridized carbons (Fsp3) is 0.296. The van der Waals surface area contributed by atoms with Gasteiger partial charge in [0, 0.05) is 0 Å². The van der Waals surface area contributed by atoms with Gasteiger partial charge in [0.25, 0.3) is 0 Å². The van der Waals surface area contributed by atoms with Crippen molar-refractivity contribution in [1.82, 2.24) is 0 Å². The molecule has 3 aromatic rings. The number of esters is 1. The van der Waals surface area contributed by atoms with Crippen LogP contribution in [-0.4, -0.2) is 45.1 Å². The van der Waals surface area contributed by atoms with E-state index >= 15 is 0 Å². The van der Waals surface area contributed by atoms with Gasteiger partial charge in [0.1, 0.15) is 12.7 Å². The van der Waals surface area contributed by atoms with Crippen molar-refractivity contribution in [1.29, 1.82) is 0 Å². The van der Waals surface area contributed by atoms with E-state index in [2.05, 4.69) is 0 Å². The minimum absolute atomic E-state index is 0.121. The fourth-order valence-corrected chi connectivity index (χ4v) is 3.44. The zero-order valence-electron chi connectivity index (χ0n) is 20.2. The molecule has 0 aliphatic rings. The lowest BCUT2D eigenvalue weighted by Gasteiger charge is -2.25. The van der Waals surface area contributed by atoms with Crippen molar-refractivity contribution in [3.8, 4) is 28.7 Å². The number of methoxy groups -OCH3 is 3. The molecule has 0 unspecified atom stereocenters. The minimum Gasteiger partial charge on any atom is -0.493 e. The molecule has 1 N–H and O–H groups in total. The molecule has 3 aromatic carbocycles. The lowest BCUT2D eigenvalue weighted by molar-refractivity contribution is -0.157. The van der Waals surface area contributed by atoms with Crippen LogP contribution in [0, 0.1) is 0 Å². The Morgan fingerprint density at radius 2 is 1.40 bits per heavy atom. The van der Waals surface area contributed by atoms with Crippen molar-refractivity contribution in [2.75, 3.05) is 27.9 Å². The van der Waals surface area contributed by atoms with Crippen LogP contribution in [-0.2, 0) is 16.1 Å². The standard InChI is InChI=1S/C27H30O8/c1-5-33-27(29)26(35-21-14-10-9-13-20(21)30-2)24(28)19-15-22(31-3)25(23(16-19)32-4)34-17-18-11-7-6-8-12-18/h6-16,24,26,28H,5,17H2,1-4H3/t24-,26+/m0/s1. The summed E-state index contributed by atoms with van der Waals surface area (Å²) in [6.07, 6.45) is -2.79. The third-order valence-corrected chi connectivity index (χ3v) is 5.18. The van der Waals surface area contributed by atoms with Crippen LogP contribution < -0.4 is 23.7 Å². The summed E-state index contributed by atoms with van der Waals surface area (Å²) >= 11 is 0. The van der Waals surface area contributed by atoms with Crippen molar-refractivity contribution in [2.45, 2.75) is 25.7 Å². The molecule has 8 heteroatoms.